The first-order chi connectivity index (χ1) is 9.68. The lowest BCUT2D eigenvalue weighted by atomic mass is 9.96. The van der Waals surface area contributed by atoms with Crippen molar-refractivity contribution in [1.29, 1.82) is 0 Å². The molecule has 1 saturated heterocycles. The van der Waals surface area contributed by atoms with Crippen LogP contribution < -0.4 is 21.7 Å². The normalized spacial score (nSPS) is 35.9. The zero-order valence-electron chi connectivity index (χ0n) is 11.4. The van der Waals surface area contributed by atoms with Gasteiger partial charge in [-0.1, -0.05) is 0 Å². The standard InChI is InChI=1S/C11H17N3O7/c1-10(11(12,19)7(16)6(4-15)21-10)14-3-5(20-2)8(17)13-9(14)18/h3,6-7,15-16,19H,4,12H2,1-2H3,(H,13,17,18)/t6-,7-,10-,11-/m1/s1. The third kappa shape index (κ3) is 2.08. The Morgan fingerprint density at radius 2 is 2.19 bits per heavy atom. The fourth-order valence-corrected chi connectivity index (χ4v) is 2.31. The van der Waals surface area contributed by atoms with Crippen molar-refractivity contribution in [2.45, 2.75) is 30.6 Å². The van der Waals surface area contributed by atoms with Gasteiger partial charge < -0.3 is 24.8 Å². The Kier molecular flexibility index (Phi) is 3.68. The molecule has 0 bridgehead atoms. The summed E-state index contributed by atoms with van der Waals surface area (Å²) in [4.78, 5) is 25.4. The number of ether oxygens (including phenoxy) is 2. The van der Waals surface area contributed by atoms with Gasteiger partial charge in [0.05, 0.1) is 19.9 Å². The molecule has 118 valence electrons. The zero-order valence-corrected chi connectivity index (χ0v) is 11.4. The van der Waals surface area contributed by atoms with Gasteiger partial charge in [-0.05, 0) is 6.92 Å². The van der Waals surface area contributed by atoms with Crippen molar-refractivity contribution in [3.63, 3.8) is 0 Å². The summed E-state index contributed by atoms with van der Waals surface area (Å²) in [6.07, 6.45) is -1.84. The molecule has 0 amide bonds. The SMILES string of the molecule is COc1cn([C@]2(C)O[C@H](CO)[C@@H](O)[C@@]2(N)O)c(=O)[nH]c1=O. The Morgan fingerprint density at radius 3 is 2.67 bits per heavy atom. The smallest absolute Gasteiger partial charge is 0.331 e. The first kappa shape index (κ1) is 15.7. The second kappa shape index (κ2) is 4.93. The molecule has 0 aromatic carbocycles. The van der Waals surface area contributed by atoms with Crippen LogP contribution in [0.5, 0.6) is 5.75 Å². The fourth-order valence-electron chi connectivity index (χ4n) is 2.31. The molecule has 2 heterocycles. The van der Waals surface area contributed by atoms with Crippen LogP contribution in [-0.2, 0) is 10.5 Å². The van der Waals surface area contributed by atoms with Gasteiger partial charge in [-0.3, -0.25) is 20.1 Å². The highest BCUT2D eigenvalue weighted by Gasteiger charge is 2.62. The summed E-state index contributed by atoms with van der Waals surface area (Å²) in [5.41, 5.74) is -0.313. The molecule has 10 heteroatoms. The van der Waals surface area contributed by atoms with Crippen molar-refractivity contribution in [1.82, 2.24) is 9.55 Å². The molecular weight excluding hydrogens is 286 g/mol. The lowest BCUT2D eigenvalue weighted by Gasteiger charge is -2.36. The van der Waals surface area contributed by atoms with Crippen LogP contribution in [0.3, 0.4) is 0 Å². The number of aliphatic hydroxyl groups is 3. The van der Waals surface area contributed by atoms with Crippen LogP contribution in [0.1, 0.15) is 6.92 Å². The molecule has 4 atom stereocenters. The minimum atomic E-state index is -2.38. The van der Waals surface area contributed by atoms with Gasteiger partial charge in [0, 0.05) is 0 Å². The van der Waals surface area contributed by atoms with E-state index in [1.165, 1.54) is 14.0 Å². The van der Waals surface area contributed by atoms with Gasteiger partial charge >= 0.3 is 5.69 Å². The molecule has 6 N–H and O–H groups in total. The molecule has 0 aliphatic carbocycles. The molecule has 10 nitrogen and oxygen atoms in total. The van der Waals surface area contributed by atoms with Crippen LogP contribution in [-0.4, -0.2) is 56.5 Å². The second-order valence-corrected chi connectivity index (χ2v) is 4.92. The molecule has 1 aromatic heterocycles. The molecule has 1 fully saturated rings. The number of nitrogens with two attached hydrogens (primary N) is 1. The maximum atomic E-state index is 12.0. The number of nitrogens with zero attached hydrogens (tertiary/aromatic N) is 1. The molecule has 0 spiro atoms. The van der Waals surface area contributed by atoms with Crippen molar-refractivity contribution in [2.75, 3.05) is 13.7 Å². The number of H-pyrrole nitrogens is 1. The van der Waals surface area contributed by atoms with E-state index in [1.807, 2.05) is 4.98 Å². The average molecular weight is 303 g/mol. The molecule has 1 aromatic rings. The van der Waals surface area contributed by atoms with Crippen molar-refractivity contribution in [3.05, 3.63) is 27.0 Å². The van der Waals surface area contributed by atoms with Crippen LogP contribution in [0.25, 0.3) is 0 Å². The largest absolute Gasteiger partial charge is 0.490 e. The lowest BCUT2D eigenvalue weighted by Crippen LogP contribution is -2.64. The molecule has 0 saturated carbocycles. The van der Waals surface area contributed by atoms with E-state index >= 15 is 0 Å². The fraction of sp³-hybridized carbons (Fsp3) is 0.636. The van der Waals surface area contributed by atoms with E-state index in [-0.39, 0.29) is 5.75 Å². The zero-order chi connectivity index (χ0) is 16.0. The van der Waals surface area contributed by atoms with Crippen LogP contribution in [0.15, 0.2) is 15.8 Å². The van der Waals surface area contributed by atoms with Crippen LogP contribution >= 0.6 is 0 Å². The highest BCUT2D eigenvalue weighted by molar-refractivity contribution is 5.15. The minimum absolute atomic E-state index is 0.211. The monoisotopic (exact) mass is 303 g/mol. The summed E-state index contributed by atoms with van der Waals surface area (Å²) >= 11 is 0. The summed E-state index contributed by atoms with van der Waals surface area (Å²) in [6, 6.07) is 0. The Morgan fingerprint density at radius 1 is 1.57 bits per heavy atom. The van der Waals surface area contributed by atoms with Gasteiger partial charge in [0.15, 0.2) is 11.4 Å². The van der Waals surface area contributed by atoms with Crippen molar-refractivity contribution >= 4 is 0 Å². The molecule has 2 rings (SSSR count). The maximum absolute atomic E-state index is 12.0. The van der Waals surface area contributed by atoms with Gasteiger partial charge in [-0.2, -0.15) is 0 Å². The second-order valence-electron chi connectivity index (χ2n) is 4.92. The maximum Gasteiger partial charge on any atom is 0.331 e. The summed E-state index contributed by atoms with van der Waals surface area (Å²) in [7, 11) is 1.22. The quantitative estimate of drug-likeness (QED) is 0.361. The molecule has 1 aliphatic rings. The van der Waals surface area contributed by atoms with Gasteiger partial charge in [-0.25, -0.2) is 4.79 Å². The Hall–Kier alpha value is -1.72. The molecule has 21 heavy (non-hydrogen) atoms. The van der Waals surface area contributed by atoms with Gasteiger partial charge in [-0.15, -0.1) is 0 Å². The molecule has 0 unspecified atom stereocenters. The number of rotatable bonds is 3. The number of hydrogen-bond acceptors (Lipinski definition) is 8. The lowest BCUT2D eigenvalue weighted by molar-refractivity contribution is -0.184. The van der Waals surface area contributed by atoms with Crippen LogP contribution in [0, 0.1) is 0 Å². The Labute approximate surface area is 118 Å². The van der Waals surface area contributed by atoms with E-state index in [2.05, 4.69) is 0 Å². The minimum Gasteiger partial charge on any atom is -0.490 e. The summed E-state index contributed by atoms with van der Waals surface area (Å²) in [5.74, 6) is -0.211. The number of nitrogens with one attached hydrogen (secondary N) is 1. The van der Waals surface area contributed by atoms with E-state index < -0.39 is 41.5 Å². The number of aliphatic hydroxyl groups excluding tert-OH is 2. The third-order valence-corrected chi connectivity index (χ3v) is 3.70. The van der Waals surface area contributed by atoms with Crippen molar-refractivity contribution in [3.8, 4) is 5.75 Å². The molecule has 1 aliphatic heterocycles. The predicted octanol–water partition coefficient (Wildman–Crippen LogP) is -3.38. The molecular formula is C11H17N3O7. The highest BCUT2D eigenvalue weighted by Crippen LogP contribution is 2.39. The number of hydrogen-bond donors (Lipinski definition) is 5. The highest BCUT2D eigenvalue weighted by atomic mass is 16.6. The van der Waals surface area contributed by atoms with E-state index in [9.17, 15) is 19.8 Å². The van der Waals surface area contributed by atoms with Gasteiger partial charge in [0.1, 0.15) is 12.2 Å². The Balaban J connectivity index is 2.65. The van der Waals surface area contributed by atoms with Crippen molar-refractivity contribution in [2.24, 2.45) is 5.73 Å². The van der Waals surface area contributed by atoms with E-state index in [0.717, 1.165) is 10.8 Å². The predicted molar refractivity (Wildman–Crippen MR) is 68.6 cm³/mol. The van der Waals surface area contributed by atoms with E-state index in [1.54, 1.807) is 0 Å². The van der Waals surface area contributed by atoms with E-state index in [0.29, 0.717) is 0 Å². The van der Waals surface area contributed by atoms with Crippen LogP contribution in [0.4, 0.5) is 0 Å². The number of aromatic amines is 1. The topological polar surface area (TPSA) is 160 Å². The summed E-state index contributed by atoms with van der Waals surface area (Å²) < 4.78 is 10.9. The van der Waals surface area contributed by atoms with Crippen LogP contribution in [0.2, 0.25) is 0 Å². The van der Waals surface area contributed by atoms with Crippen molar-refractivity contribution < 1.29 is 24.8 Å². The number of methoxy groups -OCH3 is 1. The first-order valence-electron chi connectivity index (χ1n) is 6.07. The first-order valence-corrected chi connectivity index (χ1v) is 6.07. The summed E-state index contributed by atoms with van der Waals surface area (Å²) in [6.45, 7) is 0.622. The van der Waals surface area contributed by atoms with E-state index in [4.69, 9.17) is 20.3 Å². The molecule has 0 radical (unpaired) electrons. The van der Waals surface area contributed by atoms with Gasteiger partial charge in [0.2, 0.25) is 5.75 Å². The third-order valence-electron chi connectivity index (χ3n) is 3.70. The summed E-state index contributed by atoms with van der Waals surface area (Å²) in [5, 5.41) is 29.3. The average Bonchev–Trinajstić information content (AvgIpc) is 2.60. The van der Waals surface area contributed by atoms with Gasteiger partial charge in [0.25, 0.3) is 5.56 Å². The number of aromatic nitrogens is 2. The Bertz CT molecular complexity index is 652.